The Balaban J connectivity index is 2.23. The van der Waals surface area contributed by atoms with Crippen molar-refractivity contribution in [1.29, 1.82) is 0 Å². The van der Waals surface area contributed by atoms with Gasteiger partial charge in [0.1, 0.15) is 0 Å². The predicted octanol–water partition coefficient (Wildman–Crippen LogP) is 1.79. The van der Waals surface area contributed by atoms with Crippen LogP contribution in [-0.2, 0) is 14.3 Å². The first kappa shape index (κ1) is 11.6. The van der Waals surface area contributed by atoms with Crippen molar-refractivity contribution in [2.75, 3.05) is 13.7 Å². The number of ether oxygens (including phenoxy) is 2. The molecule has 17 heavy (non-hydrogen) atoms. The van der Waals surface area contributed by atoms with Gasteiger partial charge in [0.15, 0.2) is 0 Å². The Bertz CT molecular complexity index is 441. The lowest BCUT2D eigenvalue weighted by atomic mass is 10.0. The van der Waals surface area contributed by atoms with Crippen LogP contribution in [0.25, 0.3) is 0 Å². The molecule has 90 valence electrons. The largest absolute Gasteiger partial charge is 0.466 e. The summed E-state index contributed by atoms with van der Waals surface area (Å²) in [5.74, 6) is 0.144. The van der Waals surface area contributed by atoms with Gasteiger partial charge in [-0.2, -0.15) is 0 Å². The van der Waals surface area contributed by atoms with Crippen LogP contribution in [-0.4, -0.2) is 31.1 Å². The molecule has 0 spiro atoms. The average Bonchev–Trinajstić information content (AvgIpc) is 2.39. The average molecular weight is 233 g/mol. The number of nitrogens with zero attached hydrogens (tertiary/aromatic N) is 1. The Morgan fingerprint density at radius 1 is 1.41 bits per heavy atom. The number of carbonyl (C=O) groups is 1. The van der Waals surface area contributed by atoms with Gasteiger partial charge in [-0.25, -0.2) is 4.79 Å². The van der Waals surface area contributed by atoms with Crippen molar-refractivity contribution in [2.24, 2.45) is 4.99 Å². The molecule has 1 aromatic rings. The van der Waals surface area contributed by atoms with Crippen LogP contribution >= 0.6 is 0 Å². The van der Waals surface area contributed by atoms with Crippen LogP contribution in [0, 0.1) is 0 Å². The van der Waals surface area contributed by atoms with Gasteiger partial charge in [0.2, 0.25) is 11.5 Å². The summed E-state index contributed by atoms with van der Waals surface area (Å²) >= 11 is 0. The molecule has 0 unspecified atom stereocenters. The fourth-order valence-corrected chi connectivity index (χ4v) is 1.76. The van der Waals surface area contributed by atoms with E-state index < -0.39 is 5.60 Å². The Labute approximate surface area is 100 Å². The first-order chi connectivity index (χ1) is 8.15. The van der Waals surface area contributed by atoms with E-state index in [4.69, 9.17) is 9.47 Å². The lowest BCUT2D eigenvalue weighted by Gasteiger charge is -2.31. The summed E-state index contributed by atoms with van der Waals surface area (Å²) in [6.07, 6.45) is 0.538. The van der Waals surface area contributed by atoms with Gasteiger partial charge in [-0.05, 0) is 19.1 Å². The lowest BCUT2D eigenvalue weighted by molar-refractivity contribution is -0.159. The highest BCUT2D eigenvalue weighted by molar-refractivity contribution is 5.97. The lowest BCUT2D eigenvalue weighted by Crippen LogP contribution is -2.44. The summed E-state index contributed by atoms with van der Waals surface area (Å²) in [4.78, 5) is 16.0. The molecule has 1 aromatic carbocycles. The molecule has 0 saturated carbocycles. The molecule has 0 N–H and O–H groups in total. The molecule has 0 amide bonds. The van der Waals surface area contributed by atoms with Gasteiger partial charge in [-0.1, -0.05) is 18.2 Å². The molecule has 0 fully saturated rings. The maximum Gasteiger partial charge on any atom is 0.350 e. The number of methoxy groups -OCH3 is 1. The summed E-state index contributed by atoms with van der Waals surface area (Å²) in [7, 11) is 1.37. The third kappa shape index (κ3) is 2.30. The van der Waals surface area contributed by atoms with Crippen LogP contribution in [0.4, 0.5) is 0 Å². The molecule has 0 saturated heterocycles. The second-order valence-electron chi connectivity index (χ2n) is 4.13. The van der Waals surface area contributed by atoms with Crippen LogP contribution in [0.3, 0.4) is 0 Å². The Morgan fingerprint density at radius 2 is 2.12 bits per heavy atom. The van der Waals surface area contributed by atoms with Gasteiger partial charge in [0.25, 0.3) is 0 Å². The highest BCUT2D eigenvalue weighted by Crippen LogP contribution is 2.24. The number of rotatable bonds is 2. The number of esters is 1. The topological polar surface area (TPSA) is 47.9 Å². The summed E-state index contributed by atoms with van der Waals surface area (Å²) in [5.41, 5.74) is -0.0517. The Morgan fingerprint density at radius 3 is 2.76 bits per heavy atom. The zero-order valence-electron chi connectivity index (χ0n) is 9.97. The standard InChI is InChI=1S/C13H15NO3/c1-13(12(15)16-2)8-9-14-11(17-13)10-6-4-3-5-7-10/h3-7H,8-9H2,1-2H3/t13-/m1/s1. The van der Waals surface area contributed by atoms with E-state index in [2.05, 4.69) is 4.99 Å². The number of hydrogen-bond acceptors (Lipinski definition) is 4. The molecule has 0 aliphatic carbocycles. The van der Waals surface area contributed by atoms with Crippen molar-refractivity contribution in [3.05, 3.63) is 35.9 Å². The van der Waals surface area contributed by atoms with Crippen LogP contribution in [0.2, 0.25) is 0 Å². The van der Waals surface area contributed by atoms with Gasteiger partial charge in [-0.3, -0.25) is 4.99 Å². The Kier molecular flexibility index (Phi) is 3.13. The first-order valence-corrected chi connectivity index (χ1v) is 5.53. The monoisotopic (exact) mass is 233 g/mol. The van der Waals surface area contributed by atoms with Gasteiger partial charge >= 0.3 is 5.97 Å². The molecule has 0 bridgehead atoms. The molecule has 0 aromatic heterocycles. The summed E-state index contributed by atoms with van der Waals surface area (Å²) in [5, 5.41) is 0. The van der Waals surface area contributed by atoms with Crippen LogP contribution in [0.1, 0.15) is 18.9 Å². The number of carbonyl (C=O) groups excluding carboxylic acids is 1. The smallest absolute Gasteiger partial charge is 0.350 e. The van der Waals surface area contributed by atoms with Crippen molar-refractivity contribution in [1.82, 2.24) is 0 Å². The minimum absolute atomic E-state index is 0.360. The van der Waals surface area contributed by atoms with E-state index in [9.17, 15) is 4.79 Å². The summed E-state index contributed by atoms with van der Waals surface area (Å²) in [6, 6.07) is 9.55. The molecule has 2 rings (SSSR count). The van der Waals surface area contributed by atoms with E-state index in [1.54, 1.807) is 6.92 Å². The minimum Gasteiger partial charge on any atom is -0.466 e. The van der Waals surface area contributed by atoms with Gasteiger partial charge < -0.3 is 9.47 Å². The Hall–Kier alpha value is -1.84. The van der Waals surface area contributed by atoms with Crippen molar-refractivity contribution < 1.29 is 14.3 Å². The summed E-state index contributed by atoms with van der Waals surface area (Å²) < 4.78 is 10.4. The molecule has 0 radical (unpaired) electrons. The highest BCUT2D eigenvalue weighted by atomic mass is 16.6. The minimum atomic E-state index is -0.929. The van der Waals surface area contributed by atoms with Crippen LogP contribution in [0.5, 0.6) is 0 Å². The van der Waals surface area contributed by atoms with E-state index in [0.29, 0.717) is 18.9 Å². The SMILES string of the molecule is COC(=O)[C@@]1(C)CCN=C(c2ccccc2)O1. The summed E-state index contributed by atoms with van der Waals surface area (Å²) in [6.45, 7) is 2.30. The predicted molar refractivity (Wildman–Crippen MR) is 64.0 cm³/mol. The molecular formula is C13H15NO3. The maximum atomic E-state index is 11.7. The van der Waals surface area contributed by atoms with E-state index in [1.165, 1.54) is 7.11 Å². The first-order valence-electron chi connectivity index (χ1n) is 5.53. The second-order valence-corrected chi connectivity index (χ2v) is 4.13. The number of benzene rings is 1. The number of hydrogen-bond donors (Lipinski definition) is 0. The fraction of sp³-hybridized carbons (Fsp3) is 0.385. The van der Waals surface area contributed by atoms with Crippen LogP contribution in [0.15, 0.2) is 35.3 Å². The molecule has 1 atom stereocenters. The fourth-order valence-electron chi connectivity index (χ4n) is 1.76. The van der Waals surface area contributed by atoms with Crippen LogP contribution < -0.4 is 0 Å². The highest BCUT2D eigenvalue weighted by Gasteiger charge is 2.39. The third-order valence-electron chi connectivity index (χ3n) is 2.80. The second kappa shape index (κ2) is 4.57. The molecule has 4 nitrogen and oxygen atoms in total. The van der Waals surface area contributed by atoms with Gasteiger partial charge in [0, 0.05) is 18.5 Å². The molecule has 1 heterocycles. The maximum absolute atomic E-state index is 11.7. The van der Waals surface area contributed by atoms with Crippen molar-refractivity contribution in [3.63, 3.8) is 0 Å². The van der Waals surface area contributed by atoms with E-state index in [1.807, 2.05) is 30.3 Å². The quantitative estimate of drug-likeness (QED) is 0.732. The van der Waals surface area contributed by atoms with E-state index in [-0.39, 0.29) is 5.97 Å². The number of aliphatic imine (C=N–C) groups is 1. The zero-order valence-corrected chi connectivity index (χ0v) is 9.97. The normalized spacial score (nSPS) is 23.5. The third-order valence-corrected chi connectivity index (χ3v) is 2.80. The molecule has 1 aliphatic heterocycles. The van der Waals surface area contributed by atoms with Gasteiger partial charge in [0.05, 0.1) is 7.11 Å². The van der Waals surface area contributed by atoms with Crippen molar-refractivity contribution >= 4 is 11.9 Å². The molecule has 4 heteroatoms. The van der Waals surface area contributed by atoms with E-state index >= 15 is 0 Å². The zero-order chi connectivity index (χ0) is 12.3. The van der Waals surface area contributed by atoms with Crippen molar-refractivity contribution in [2.45, 2.75) is 18.9 Å². The van der Waals surface area contributed by atoms with Gasteiger partial charge in [-0.15, -0.1) is 0 Å². The van der Waals surface area contributed by atoms with E-state index in [0.717, 1.165) is 5.56 Å². The molecular weight excluding hydrogens is 218 g/mol. The van der Waals surface area contributed by atoms with Crippen molar-refractivity contribution in [3.8, 4) is 0 Å². The molecule has 1 aliphatic rings.